The van der Waals surface area contributed by atoms with E-state index in [0.717, 1.165) is 161 Å². The van der Waals surface area contributed by atoms with Gasteiger partial charge in [0, 0.05) is 155 Å². The summed E-state index contributed by atoms with van der Waals surface area (Å²) in [6, 6.07) is 31.6. The van der Waals surface area contributed by atoms with E-state index in [4.69, 9.17) is 56.1 Å². The first-order chi connectivity index (χ1) is 64.7. The number of ether oxygens (including phenoxy) is 4. The maximum absolute atomic E-state index is 15.3. The van der Waals surface area contributed by atoms with Gasteiger partial charge in [-0.2, -0.15) is 39.9 Å². The summed E-state index contributed by atoms with van der Waals surface area (Å²) in [4.78, 5) is 81.2. The van der Waals surface area contributed by atoms with Crippen molar-refractivity contribution in [3.05, 3.63) is 175 Å². The van der Waals surface area contributed by atoms with Crippen molar-refractivity contribution in [3.63, 3.8) is 0 Å². The Kier molecular flexibility index (Phi) is 20.0. The smallest absolute Gasteiger partial charge is 0.326 e. The van der Waals surface area contributed by atoms with E-state index in [9.17, 15) is 17.6 Å². The molecule has 38 heteroatoms. The van der Waals surface area contributed by atoms with Crippen LogP contribution in [0.4, 0.5) is 68.0 Å². The number of imidazole rings is 1. The molecule has 4 aliphatic carbocycles. The van der Waals surface area contributed by atoms with Crippen molar-refractivity contribution in [2.24, 2.45) is 46.3 Å². The van der Waals surface area contributed by atoms with Crippen LogP contribution in [0.25, 0.3) is 110 Å². The molecule has 18 aromatic rings. The second-order valence-electron chi connectivity index (χ2n) is 35.9. The van der Waals surface area contributed by atoms with Crippen molar-refractivity contribution in [2.75, 3.05) is 115 Å². The molecule has 8 aliphatic rings. The number of para-hydroxylation sites is 1. The van der Waals surface area contributed by atoms with E-state index in [1.165, 1.54) is 18.2 Å². The van der Waals surface area contributed by atoms with E-state index < -0.39 is 11.6 Å². The molecule has 0 amide bonds. The summed E-state index contributed by atoms with van der Waals surface area (Å²) in [6.07, 6.45) is 17.6. The standard InChI is InChI=1S/C27H26F2N8O.C26H24FN7O.C21H20FN7O.C21H22FN7O/c1-12-5-15-6-13(12)10-36(15)26-21-20-22(29)17(28)8-18(30-2)23(20)33-24(21)34-27(35-26)38-16-7-19-25(31-9-16)37(11-32-19)14-3-4-14;1-29-22-17(27)7-6-16-20-23(31-21(16)22)32-25(33-24(20)34-12-19(28)26(13-34)8-9-26)35-15-10-14-4-2-3-5-18(14)30-11-15;1-24-18-14(22)5-4-11-15-19(26-17(11)18)27-21(30-10-3-2-6-25-7-10)28-20(15)29-8-12-13(9-29)16(12)23;1-11-3-4-13(9-25-11)30-21-27-19-16(20(28-21)29-8-7-12(23)10-29)14-5-6-15(22)18(24-2)17(14)26-19/h7-9,11-15,30H,3-6,10H2,1-2H3,(H,33,34,35);2-7,10-11,19,29H,8-9,12-13,28H2,1H3,(H,31,32,33);2-7,12-13,16,24H,8-9,23H2,1H3,(H,26,27,28);3-6,9,12,24H,7-8,10,23H2,1-2H3,(H,26,27,28)/t12-,13-,15+;19-;;12-/m11.1/s1. The van der Waals surface area contributed by atoms with Gasteiger partial charge in [-0.15, -0.1) is 0 Å². The molecule has 7 atom stereocenters. The Hall–Kier alpha value is -14.9. The van der Waals surface area contributed by atoms with Crippen LogP contribution in [0, 0.1) is 65.1 Å². The molecular weight excluding hydrogens is 1710 g/mol. The summed E-state index contributed by atoms with van der Waals surface area (Å²) in [6.45, 7) is 9.69. The number of H-pyrrole nitrogens is 4. The average molecular weight is 1800 g/mol. The molecule has 133 heavy (non-hydrogen) atoms. The first kappa shape index (κ1) is 82.5. The molecule has 5 aromatic carbocycles. The van der Waals surface area contributed by atoms with Gasteiger partial charge in [-0.3, -0.25) is 15.0 Å². The van der Waals surface area contributed by atoms with E-state index >= 15 is 4.39 Å². The number of benzene rings is 5. The fourth-order valence-corrected chi connectivity index (χ4v) is 20.3. The lowest BCUT2D eigenvalue weighted by molar-refractivity contribution is 0.403. The number of nitrogens with zero attached hydrogens (tertiary/aromatic N) is 18. The third-order valence-corrected chi connectivity index (χ3v) is 27.6. The SMILES string of the molecule is CNc1c(F)ccc2c1[nH]c1nc(Oc3ccc(C)nc3)nc(N3CC[C@@H](N)C3)c12.CNc1c(F)ccc2c1[nH]c1nc(Oc3cccnc3)nc(N3CC4C(N)C4C3)c12.CNc1c(F)ccc2c1[nH]c1nc(Oc3cnc4ccccc4c3)nc(N3C[C@@H](N)C4(CC4)C3)c12.CNc1cc(F)c(F)c2c1[nH]c1nc(Oc3cnc4c(c3)ncn4C3CC3)nc(N3C[C@H]4C[C@@H]3C[C@H]4C)c12. The summed E-state index contributed by atoms with van der Waals surface area (Å²) in [7, 11) is 6.76. The highest BCUT2D eigenvalue weighted by Crippen LogP contribution is 2.55. The topological polar surface area (TPSA) is 412 Å². The van der Waals surface area contributed by atoms with E-state index in [0.29, 0.717) is 144 Å². The number of halogens is 5. The Labute approximate surface area is 754 Å². The van der Waals surface area contributed by atoms with Gasteiger partial charge >= 0.3 is 24.0 Å². The fraction of sp³-hybridized carbons (Fsp3) is 0.316. The quantitative estimate of drug-likeness (QED) is 0.0377. The Bertz CT molecular complexity index is 7670. The number of hydrogen-bond acceptors (Lipinski definition) is 28. The number of pyridine rings is 4. The zero-order chi connectivity index (χ0) is 90.7. The highest BCUT2D eigenvalue weighted by molar-refractivity contribution is 6.18. The largest absolute Gasteiger partial charge is 0.423 e. The second-order valence-corrected chi connectivity index (χ2v) is 35.9. The Morgan fingerprint density at radius 3 is 1.56 bits per heavy atom. The fourth-order valence-electron chi connectivity index (χ4n) is 20.3. The van der Waals surface area contributed by atoms with Crippen LogP contribution in [-0.4, -0.2) is 187 Å². The zero-order valence-corrected chi connectivity index (χ0v) is 73.2. The lowest BCUT2D eigenvalue weighted by atomic mass is 9.97. The number of fused-ring (bicyclic) bond motifs is 17. The van der Waals surface area contributed by atoms with Crippen LogP contribution >= 0.6 is 0 Å². The molecule has 0 radical (unpaired) electrons. The Morgan fingerprint density at radius 1 is 0.466 bits per heavy atom. The first-order valence-corrected chi connectivity index (χ1v) is 44.7. The van der Waals surface area contributed by atoms with Crippen LogP contribution in [0.3, 0.4) is 0 Å². The lowest BCUT2D eigenvalue weighted by Crippen LogP contribution is -2.35. The molecule has 676 valence electrons. The van der Waals surface area contributed by atoms with E-state index in [-0.39, 0.29) is 76.5 Å². The van der Waals surface area contributed by atoms with Crippen LogP contribution in [0.2, 0.25) is 0 Å². The summed E-state index contributed by atoms with van der Waals surface area (Å²) >= 11 is 0. The molecular formula is C95H92F5N29O4. The molecule has 13 aromatic heterocycles. The maximum Gasteiger partial charge on any atom is 0.326 e. The minimum Gasteiger partial charge on any atom is -0.423 e. The third kappa shape index (κ3) is 14.6. The predicted octanol–water partition coefficient (Wildman–Crippen LogP) is 16.3. The number of aryl methyl sites for hydroxylation is 1. The minimum absolute atomic E-state index is 0.0798. The van der Waals surface area contributed by atoms with Gasteiger partial charge in [0.15, 0.2) is 23.0 Å². The normalized spacial score (nSPS) is 20.3. The number of aromatic amines is 4. The number of aromatic nitrogens is 18. The van der Waals surface area contributed by atoms with Gasteiger partial charge in [-0.05, 0) is 148 Å². The van der Waals surface area contributed by atoms with Gasteiger partial charge in [-0.25, -0.2) is 31.9 Å². The Morgan fingerprint density at radius 2 is 1.02 bits per heavy atom. The molecule has 8 fully saturated rings. The van der Waals surface area contributed by atoms with Gasteiger partial charge in [0.1, 0.15) is 86.1 Å². The Balaban J connectivity index is 0.000000101. The van der Waals surface area contributed by atoms with E-state index in [1.807, 2.05) is 61.8 Å². The van der Waals surface area contributed by atoms with Crippen molar-refractivity contribution in [1.82, 2.24) is 89.3 Å². The monoisotopic (exact) mass is 1800 g/mol. The molecule has 2 unspecified atom stereocenters. The van der Waals surface area contributed by atoms with Gasteiger partial charge in [0.2, 0.25) is 0 Å². The number of hydrogen-bond donors (Lipinski definition) is 11. The van der Waals surface area contributed by atoms with Crippen molar-refractivity contribution < 1.29 is 40.9 Å². The molecule has 4 aliphatic heterocycles. The lowest BCUT2D eigenvalue weighted by Gasteiger charge is -2.31. The molecule has 1 spiro atoms. The first-order valence-electron chi connectivity index (χ1n) is 44.7. The second kappa shape index (κ2) is 32.3. The minimum atomic E-state index is -0.921. The number of nitrogens with one attached hydrogen (secondary N) is 8. The summed E-state index contributed by atoms with van der Waals surface area (Å²) in [5, 5.41) is 18.4. The van der Waals surface area contributed by atoms with E-state index in [1.54, 1.807) is 89.5 Å². The molecule has 14 N–H and O–H groups in total. The highest BCUT2D eigenvalue weighted by atomic mass is 19.2. The van der Waals surface area contributed by atoms with Crippen LogP contribution in [-0.2, 0) is 0 Å². The number of nitrogens with two attached hydrogens (primary N) is 3. The van der Waals surface area contributed by atoms with Crippen molar-refractivity contribution in [3.8, 4) is 47.0 Å². The molecule has 2 bridgehead atoms. The third-order valence-electron chi connectivity index (χ3n) is 27.6. The number of piperidine rings is 2. The maximum atomic E-state index is 15.3. The van der Waals surface area contributed by atoms with Crippen LogP contribution in [0.1, 0.15) is 63.6 Å². The zero-order valence-electron chi connectivity index (χ0n) is 73.2. The summed E-state index contributed by atoms with van der Waals surface area (Å²) in [5.41, 5.74) is 28.5. The molecule has 33 nitrogen and oxygen atoms in total. The van der Waals surface area contributed by atoms with Gasteiger partial charge in [-0.1, -0.05) is 25.1 Å². The van der Waals surface area contributed by atoms with E-state index in [2.05, 4.69) is 117 Å². The summed E-state index contributed by atoms with van der Waals surface area (Å²) < 4.78 is 99.2. The predicted molar refractivity (Wildman–Crippen MR) is 501 cm³/mol. The highest BCUT2D eigenvalue weighted by Gasteiger charge is 2.56. The number of rotatable bonds is 17. The van der Waals surface area contributed by atoms with Crippen LogP contribution in [0.15, 0.2) is 140 Å². The van der Waals surface area contributed by atoms with Crippen molar-refractivity contribution in [2.45, 2.75) is 89.0 Å². The summed E-state index contributed by atoms with van der Waals surface area (Å²) in [5.74, 6) is 4.24. The average Bonchev–Trinajstić information content (AvgIpc) is 1.56. The van der Waals surface area contributed by atoms with Gasteiger partial charge < -0.3 is 102 Å². The van der Waals surface area contributed by atoms with Crippen LogP contribution in [0.5, 0.6) is 47.0 Å². The van der Waals surface area contributed by atoms with Crippen molar-refractivity contribution >= 4 is 156 Å². The molecule has 4 saturated carbocycles. The molecule has 17 heterocycles. The number of anilines is 8. The van der Waals surface area contributed by atoms with Gasteiger partial charge in [0.05, 0.1) is 108 Å². The molecule has 26 rings (SSSR count). The van der Waals surface area contributed by atoms with Gasteiger partial charge in [0.25, 0.3) is 0 Å². The van der Waals surface area contributed by atoms with Crippen molar-refractivity contribution in [1.29, 1.82) is 0 Å². The van der Waals surface area contributed by atoms with Crippen LogP contribution < -0.4 is 77.0 Å². The molecule has 4 saturated heterocycles.